The van der Waals surface area contributed by atoms with Crippen LogP contribution in [-0.4, -0.2) is 50.0 Å². The summed E-state index contributed by atoms with van der Waals surface area (Å²) in [5, 5.41) is 0. The number of methoxy groups -OCH3 is 1. The molecule has 232 valence electrons. The third kappa shape index (κ3) is 11.3. The summed E-state index contributed by atoms with van der Waals surface area (Å²) in [6.07, 6.45) is 7.85. The zero-order chi connectivity index (χ0) is 30.1. The van der Waals surface area contributed by atoms with Crippen LogP contribution in [0.15, 0.2) is 27.9 Å². The number of ether oxygens (including phenoxy) is 1. The van der Waals surface area contributed by atoms with Gasteiger partial charge in [-0.3, -0.25) is 0 Å². The average molecular weight is 780 g/mol. The number of hydrogen-bond acceptors (Lipinski definition) is 1. The van der Waals surface area contributed by atoms with Gasteiger partial charge in [0.1, 0.15) is 0 Å². The molecule has 0 heterocycles. The van der Waals surface area contributed by atoms with Crippen LogP contribution < -0.4 is 4.74 Å². The van der Waals surface area contributed by atoms with E-state index in [0.717, 1.165) is 113 Å². The standard InChI is InChI=1S/C10H7F3O.6C4H9.2Sn/c1-14-9-4-2-3-8(7-9)5-6-10(11,12)13;6*1-3-4-2;;/h2-4,7H,1H3;6*1,3-4H2,2H3;;. The van der Waals surface area contributed by atoms with Crippen molar-refractivity contribution >= 4 is 40.3 Å². The first-order chi connectivity index (χ1) is 19.1. The molecule has 0 spiro atoms. The third-order valence-electron chi connectivity index (χ3n) is 9.01. The molecule has 1 aromatic rings. The van der Waals surface area contributed by atoms with E-state index in [4.69, 9.17) is 4.74 Å². The molecule has 1 nitrogen and oxygen atoms in total. The normalized spacial score (nSPS) is 13.4. The van der Waals surface area contributed by atoms with Crippen molar-refractivity contribution in [3.8, 4) is 5.75 Å². The van der Waals surface area contributed by atoms with Crippen LogP contribution in [0.25, 0.3) is 3.59 Å². The monoisotopic (exact) mass is 782 g/mol. The maximum atomic E-state index is 16.1. The molecule has 0 aliphatic carbocycles. The summed E-state index contributed by atoms with van der Waals surface area (Å²) in [4.78, 5) is 0. The third-order valence-corrected chi connectivity index (χ3v) is 42.6. The molecule has 0 fully saturated rings. The Hall–Kier alpha value is 0.147. The van der Waals surface area contributed by atoms with E-state index in [1.54, 1.807) is 7.11 Å². The van der Waals surface area contributed by atoms with E-state index in [2.05, 4.69) is 41.5 Å². The first kappa shape index (κ1) is 38.2. The summed E-state index contributed by atoms with van der Waals surface area (Å²) in [7, 11) is 1.64. The van der Waals surface area contributed by atoms with Crippen LogP contribution in [-0.2, 0) is 0 Å². The van der Waals surface area contributed by atoms with Crippen molar-refractivity contribution in [2.75, 3.05) is 7.11 Å². The first-order valence-electron chi connectivity index (χ1n) is 16.6. The van der Waals surface area contributed by atoms with E-state index in [-0.39, 0.29) is 3.59 Å². The second-order valence-corrected chi connectivity index (χ2v) is 38.2. The van der Waals surface area contributed by atoms with E-state index >= 15 is 13.2 Å². The number of hydrogen-bond donors (Lipinski definition) is 0. The van der Waals surface area contributed by atoms with Crippen molar-refractivity contribution in [2.24, 2.45) is 0 Å². The molecule has 40 heavy (non-hydrogen) atoms. The number of allylic oxidation sites excluding steroid dienone is 1. The van der Waals surface area contributed by atoms with Gasteiger partial charge in [0.15, 0.2) is 0 Å². The molecule has 0 radical (unpaired) electrons. The van der Waals surface area contributed by atoms with E-state index in [1.165, 1.54) is 0 Å². The summed E-state index contributed by atoms with van der Waals surface area (Å²) in [5.41, 5.74) is 0.872. The zero-order valence-corrected chi connectivity index (χ0v) is 32.8. The number of unbranched alkanes of at least 4 members (excludes halogenated alkanes) is 6. The van der Waals surface area contributed by atoms with Gasteiger partial charge < -0.3 is 0 Å². The second kappa shape index (κ2) is 20.2. The molecule has 1 rings (SSSR count). The molecule has 0 saturated carbocycles. The molecule has 0 saturated heterocycles. The van der Waals surface area contributed by atoms with Crippen LogP contribution in [0.2, 0.25) is 26.6 Å². The van der Waals surface area contributed by atoms with Crippen molar-refractivity contribution in [1.29, 1.82) is 0 Å². The first-order valence-corrected chi connectivity index (χ1v) is 31.6. The molecule has 0 aliphatic rings. The Morgan fingerprint density at radius 1 is 0.625 bits per heavy atom. The van der Waals surface area contributed by atoms with Gasteiger partial charge in [-0.2, -0.15) is 0 Å². The van der Waals surface area contributed by atoms with Crippen LogP contribution in [0.4, 0.5) is 13.2 Å². The number of halogens is 3. The van der Waals surface area contributed by atoms with Gasteiger partial charge >= 0.3 is 256 Å². The molecular formula is C34H61F3OSn2. The summed E-state index contributed by atoms with van der Waals surface area (Å²) in [6, 6.07) is 7.85. The quantitative estimate of drug-likeness (QED) is 0.107. The molecule has 0 aliphatic heterocycles. The van der Waals surface area contributed by atoms with Crippen LogP contribution in [0.3, 0.4) is 0 Å². The Morgan fingerprint density at radius 3 is 1.32 bits per heavy atom. The van der Waals surface area contributed by atoms with Gasteiger partial charge in [-0.15, -0.1) is 0 Å². The van der Waals surface area contributed by atoms with Crippen molar-refractivity contribution < 1.29 is 17.9 Å². The molecule has 0 bridgehead atoms. The Bertz CT molecular complexity index is 806. The molecule has 0 unspecified atom stereocenters. The van der Waals surface area contributed by atoms with Gasteiger partial charge in [-0.05, 0) is 0 Å². The van der Waals surface area contributed by atoms with Crippen molar-refractivity contribution in [3.05, 3.63) is 33.4 Å². The molecule has 0 aromatic heterocycles. The van der Waals surface area contributed by atoms with Crippen LogP contribution in [0, 0.1) is 0 Å². The van der Waals surface area contributed by atoms with Crippen LogP contribution in [0.5, 0.6) is 5.75 Å². The van der Waals surface area contributed by atoms with E-state index < -0.39 is 42.9 Å². The molecule has 0 amide bonds. The molecular weight excluding hydrogens is 719 g/mol. The fraction of sp³-hybridized carbons (Fsp3) is 0.765. The SMILES string of the molecule is CCC[CH2][Sn]([CH2]CCC)([CH2]CCC)/[C](=[C](/C(F)(F)F)[Sn]([CH2]CCC)([CH2]CCC)[CH2]CCC)c1cccc(OC)c1. The molecule has 0 atom stereocenters. The van der Waals surface area contributed by atoms with E-state index in [1.807, 2.05) is 24.3 Å². The van der Waals surface area contributed by atoms with E-state index in [9.17, 15) is 0 Å². The van der Waals surface area contributed by atoms with Gasteiger partial charge in [0.25, 0.3) is 0 Å². The van der Waals surface area contributed by atoms with E-state index in [0.29, 0.717) is 5.75 Å². The van der Waals surface area contributed by atoms with Crippen molar-refractivity contribution in [2.45, 2.75) is 151 Å². The number of benzene rings is 1. The average Bonchev–Trinajstić information content (AvgIpc) is 2.95. The second-order valence-electron chi connectivity index (χ2n) is 12.2. The fourth-order valence-corrected chi connectivity index (χ4v) is 50.9. The Labute approximate surface area is 254 Å². The summed E-state index contributed by atoms with van der Waals surface area (Å²) < 4.78 is 60.7. The summed E-state index contributed by atoms with van der Waals surface area (Å²) in [6.45, 7) is 13.1. The van der Waals surface area contributed by atoms with Crippen molar-refractivity contribution in [3.63, 3.8) is 0 Å². The summed E-state index contributed by atoms with van der Waals surface area (Å²) >= 11 is -7.47. The zero-order valence-electron chi connectivity index (χ0n) is 27.1. The Balaban J connectivity index is 4.43. The number of rotatable bonds is 22. The summed E-state index contributed by atoms with van der Waals surface area (Å²) in [5.74, 6) is 0.690. The predicted octanol–water partition coefficient (Wildman–Crippen LogP) is 12.8. The molecule has 6 heteroatoms. The van der Waals surface area contributed by atoms with Gasteiger partial charge in [0.05, 0.1) is 0 Å². The minimum absolute atomic E-state index is 0.115. The fourth-order valence-electron chi connectivity index (χ4n) is 6.79. The topological polar surface area (TPSA) is 9.23 Å². The van der Waals surface area contributed by atoms with Gasteiger partial charge in [-0.25, -0.2) is 0 Å². The minimum atomic E-state index is -4.25. The van der Waals surface area contributed by atoms with Crippen LogP contribution in [0.1, 0.15) is 124 Å². The van der Waals surface area contributed by atoms with Gasteiger partial charge in [0, 0.05) is 0 Å². The molecule has 0 N–H and O–H groups in total. The van der Waals surface area contributed by atoms with Gasteiger partial charge in [0.2, 0.25) is 0 Å². The maximum absolute atomic E-state index is 16.1. The van der Waals surface area contributed by atoms with Crippen LogP contribution >= 0.6 is 0 Å². The molecule has 1 aromatic carbocycles. The number of alkyl halides is 3. The Morgan fingerprint density at radius 2 is 1.00 bits per heavy atom. The Kier molecular flexibility index (Phi) is 19.2. The van der Waals surface area contributed by atoms with Gasteiger partial charge in [-0.1, -0.05) is 0 Å². The predicted molar refractivity (Wildman–Crippen MR) is 176 cm³/mol. The van der Waals surface area contributed by atoms with Crippen molar-refractivity contribution in [1.82, 2.24) is 0 Å².